The molecule has 0 radical (unpaired) electrons. The van der Waals surface area contributed by atoms with Crippen molar-refractivity contribution in [2.24, 2.45) is 5.92 Å². The monoisotopic (exact) mass is 319 g/mol. The Morgan fingerprint density at radius 2 is 2.24 bits per heavy atom. The summed E-state index contributed by atoms with van der Waals surface area (Å²) < 4.78 is 1.62. The molecule has 1 aliphatic carbocycles. The van der Waals surface area contributed by atoms with Crippen LogP contribution >= 0.6 is 22.9 Å². The van der Waals surface area contributed by atoms with Crippen LogP contribution < -0.4 is 5.32 Å². The van der Waals surface area contributed by atoms with Gasteiger partial charge in [-0.25, -0.2) is 0 Å². The zero-order chi connectivity index (χ0) is 14.4. The number of rotatable bonds is 3. The van der Waals surface area contributed by atoms with E-state index in [0.717, 1.165) is 18.4 Å². The van der Waals surface area contributed by atoms with E-state index in [2.05, 4.69) is 20.6 Å². The van der Waals surface area contributed by atoms with Gasteiger partial charge < -0.3 is 5.32 Å². The van der Waals surface area contributed by atoms with Crippen LogP contribution in [0, 0.1) is 5.92 Å². The molecular formula is C13H10ClN5OS. The van der Waals surface area contributed by atoms with Gasteiger partial charge in [-0.1, -0.05) is 35.1 Å². The van der Waals surface area contributed by atoms with Crippen molar-refractivity contribution in [1.82, 2.24) is 19.8 Å². The molecule has 0 atom stereocenters. The molecule has 0 aliphatic heterocycles. The Morgan fingerprint density at radius 3 is 3.00 bits per heavy atom. The summed E-state index contributed by atoms with van der Waals surface area (Å²) >= 11 is 7.30. The van der Waals surface area contributed by atoms with Gasteiger partial charge in [0.15, 0.2) is 5.82 Å². The number of halogens is 1. The van der Waals surface area contributed by atoms with Crippen molar-refractivity contribution in [2.75, 3.05) is 5.32 Å². The molecule has 4 rings (SSSR count). The first kappa shape index (κ1) is 12.7. The molecule has 2 aromatic heterocycles. The Hall–Kier alpha value is -1.99. The summed E-state index contributed by atoms with van der Waals surface area (Å²) in [4.78, 5) is 12.4. The summed E-state index contributed by atoms with van der Waals surface area (Å²) in [5.74, 6) is 0.784. The lowest BCUT2D eigenvalue weighted by Gasteiger charge is -1.98. The highest BCUT2D eigenvalue weighted by atomic mass is 35.5. The van der Waals surface area contributed by atoms with E-state index < -0.39 is 0 Å². The van der Waals surface area contributed by atoms with Gasteiger partial charge in [-0.15, -0.1) is 15.3 Å². The van der Waals surface area contributed by atoms with Gasteiger partial charge in [0, 0.05) is 16.5 Å². The maximum atomic E-state index is 11.8. The third kappa shape index (κ3) is 2.38. The number of anilines is 1. The van der Waals surface area contributed by atoms with Crippen LogP contribution in [0.15, 0.2) is 24.3 Å². The maximum Gasteiger partial charge on any atom is 0.236 e. The second-order valence-corrected chi connectivity index (χ2v) is 6.29. The van der Waals surface area contributed by atoms with Crippen molar-refractivity contribution < 1.29 is 4.79 Å². The highest BCUT2D eigenvalue weighted by Gasteiger charge is 2.30. The van der Waals surface area contributed by atoms with Crippen LogP contribution in [0.4, 0.5) is 5.13 Å². The van der Waals surface area contributed by atoms with Crippen molar-refractivity contribution in [3.8, 4) is 11.4 Å². The minimum Gasteiger partial charge on any atom is -0.300 e. The zero-order valence-corrected chi connectivity index (χ0v) is 12.4. The van der Waals surface area contributed by atoms with E-state index in [9.17, 15) is 4.79 Å². The van der Waals surface area contributed by atoms with Crippen LogP contribution in [0.2, 0.25) is 5.02 Å². The van der Waals surface area contributed by atoms with Crippen molar-refractivity contribution in [3.05, 3.63) is 29.3 Å². The summed E-state index contributed by atoms with van der Waals surface area (Å²) in [6.45, 7) is 0. The smallest absolute Gasteiger partial charge is 0.236 e. The van der Waals surface area contributed by atoms with Crippen LogP contribution in [-0.4, -0.2) is 25.7 Å². The Labute approximate surface area is 128 Å². The molecule has 0 unspecified atom stereocenters. The molecule has 2 heterocycles. The second kappa shape index (κ2) is 4.78. The lowest BCUT2D eigenvalue weighted by molar-refractivity contribution is -0.117. The molecule has 1 saturated carbocycles. The molecule has 1 N–H and O–H groups in total. The van der Waals surface area contributed by atoms with Gasteiger partial charge in [-0.3, -0.25) is 4.79 Å². The fourth-order valence-electron chi connectivity index (χ4n) is 2.03. The van der Waals surface area contributed by atoms with Crippen molar-refractivity contribution in [1.29, 1.82) is 0 Å². The lowest BCUT2D eigenvalue weighted by atomic mass is 10.2. The van der Waals surface area contributed by atoms with Gasteiger partial charge in [-0.05, 0) is 25.0 Å². The molecule has 6 nitrogen and oxygen atoms in total. The average molecular weight is 320 g/mol. The normalized spacial score (nSPS) is 14.5. The quantitative estimate of drug-likeness (QED) is 0.805. The van der Waals surface area contributed by atoms with Gasteiger partial charge >= 0.3 is 0 Å². The maximum absolute atomic E-state index is 11.8. The molecule has 8 heteroatoms. The number of carbonyl (C=O) groups is 1. The Kier molecular flexibility index (Phi) is 2.90. The van der Waals surface area contributed by atoms with E-state index in [1.54, 1.807) is 16.6 Å². The number of nitrogens with one attached hydrogen (secondary N) is 1. The van der Waals surface area contributed by atoms with Crippen LogP contribution in [0.25, 0.3) is 16.3 Å². The van der Waals surface area contributed by atoms with Crippen LogP contribution in [0.1, 0.15) is 12.8 Å². The van der Waals surface area contributed by atoms with E-state index >= 15 is 0 Å². The summed E-state index contributed by atoms with van der Waals surface area (Å²) in [5.41, 5.74) is 0.834. The largest absolute Gasteiger partial charge is 0.300 e. The average Bonchev–Trinajstić information content (AvgIpc) is 3.13. The number of aromatic nitrogens is 4. The predicted molar refractivity (Wildman–Crippen MR) is 80.5 cm³/mol. The van der Waals surface area contributed by atoms with Gasteiger partial charge in [0.25, 0.3) is 0 Å². The number of nitrogens with zero attached hydrogens (tertiary/aromatic N) is 4. The van der Waals surface area contributed by atoms with Gasteiger partial charge in [-0.2, -0.15) is 4.52 Å². The number of amides is 1. The SMILES string of the molecule is O=C(Nc1nn2c(-c3cccc(Cl)c3)nnc2s1)C1CC1. The van der Waals surface area contributed by atoms with Crippen molar-refractivity contribution in [2.45, 2.75) is 12.8 Å². The van der Waals surface area contributed by atoms with Crippen LogP contribution in [0.5, 0.6) is 0 Å². The minimum atomic E-state index is 0.0317. The number of carbonyl (C=O) groups excluding carboxylic acids is 1. The highest BCUT2D eigenvalue weighted by molar-refractivity contribution is 7.20. The van der Waals surface area contributed by atoms with Crippen molar-refractivity contribution in [3.63, 3.8) is 0 Å². The first-order valence-corrected chi connectivity index (χ1v) is 7.69. The minimum absolute atomic E-state index is 0.0317. The van der Waals surface area contributed by atoms with E-state index in [4.69, 9.17) is 11.6 Å². The standard InChI is InChI=1S/C13H10ClN5OS/c14-9-3-1-2-8(6-9)10-16-17-13-19(10)18-12(21-13)15-11(20)7-4-5-7/h1-3,6-7H,4-5H2,(H,15,18,20). The van der Waals surface area contributed by atoms with Crippen molar-refractivity contribution >= 4 is 38.9 Å². The molecular weight excluding hydrogens is 310 g/mol. The Morgan fingerprint density at radius 1 is 1.38 bits per heavy atom. The molecule has 0 spiro atoms. The molecule has 21 heavy (non-hydrogen) atoms. The summed E-state index contributed by atoms with van der Waals surface area (Å²) in [7, 11) is 0. The highest BCUT2D eigenvalue weighted by Crippen LogP contribution is 2.31. The molecule has 0 bridgehead atoms. The third-order valence-electron chi connectivity index (χ3n) is 3.25. The third-order valence-corrected chi connectivity index (χ3v) is 4.30. The van der Waals surface area contributed by atoms with Gasteiger partial charge in [0.2, 0.25) is 16.0 Å². The van der Waals surface area contributed by atoms with E-state index in [-0.39, 0.29) is 11.8 Å². The van der Waals surface area contributed by atoms with Crippen LogP contribution in [-0.2, 0) is 4.79 Å². The lowest BCUT2D eigenvalue weighted by Crippen LogP contribution is -2.13. The summed E-state index contributed by atoms with van der Waals surface area (Å²) in [6, 6.07) is 7.34. The molecule has 1 aromatic carbocycles. The topological polar surface area (TPSA) is 72.2 Å². The fourth-order valence-corrected chi connectivity index (χ4v) is 2.96. The Balaban J connectivity index is 1.70. The van der Waals surface area contributed by atoms with E-state index in [1.165, 1.54) is 11.3 Å². The first-order valence-electron chi connectivity index (χ1n) is 6.50. The zero-order valence-electron chi connectivity index (χ0n) is 10.8. The van der Waals surface area contributed by atoms with Gasteiger partial charge in [0.05, 0.1) is 0 Å². The fraction of sp³-hybridized carbons (Fsp3) is 0.231. The van der Waals surface area contributed by atoms with E-state index in [0.29, 0.717) is 20.9 Å². The molecule has 1 aliphatic rings. The van der Waals surface area contributed by atoms with Gasteiger partial charge in [0.1, 0.15) is 0 Å². The number of benzene rings is 1. The molecule has 3 aromatic rings. The number of hydrogen-bond donors (Lipinski definition) is 1. The molecule has 1 fully saturated rings. The first-order chi connectivity index (χ1) is 10.2. The second-order valence-electron chi connectivity index (χ2n) is 4.90. The van der Waals surface area contributed by atoms with Crippen LogP contribution in [0.3, 0.4) is 0 Å². The molecule has 1 amide bonds. The van der Waals surface area contributed by atoms with E-state index in [1.807, 2.05) is 12.1 Å². The molecule has 106 valence electrons. The predicted octanol–water partition coefficient (Wildman–Crippen LogP) is 2.85. The number of fused-ring (bicyclic) bond motifs is 1. The molecule has 0 saturated heterocycles. The number of hydrogen-bond acceptors (Lipinski definition) is 5. The Bertz CT molecular complexity index is 838. The summed E-state index contributed by atoms with van der Waals surface area (Å²) in [6.07, 6.45) is 1.92. The summed E-state index contributed by atoms with van der Waals surface area (Å²) in [5, 5.41) is 16.6.